The number of hydrogen-bond donors (Lipinski definition) is 3. The van der Waals surface area contributed by atoms with Gasteiger partial charge in [0.25, 0.3) is 0 Å². The molecule has 7 nitrogen and oxygen atoms in total. The highest BCUT2D eigenvalue weighted by atomic mass is 16.4. The van der Waals surface area contributed by atoms with E-state index >= 15 is 0 Å². The zero-order valence-corrected chi connectivity index (χ0v) is 11.5. The van der Waals surface area contributed by atoms with Gasteiger partial charge in [-0.25, -0.2) is 4.79 Å². The average Bonchev–Trinajstić information content (AvgIpc) is 2.65. The lowest BCUT2D eigenvalue weighted by molar-refractivity contribution is -0.116. The number of hydrogen-bond acceptors (Lipinski definition) is 5. The van der Waals surface area contributed by atoms with Crippen molar-refractivity contribution in [3.8, 4) is 0 Å². The zero-order valence-electron chi connectivity index (χ0n) is 11.5. The summed E-state index contributed by atoms with van der Waals surface area (Å²) < 4.78 is 4.94. The summed E-state index contributed by atoms with van der Waals surface area (Å²) in [6, 6.07) is 3.26. The molecule has 1 heterocycles. The highest BCUT2D eigenvalue weighted by Gasteiger charge is 2.16. The number of nitrogens with two attached hydrogens (primary N) is 2. The number of carbonyl (C=O) groups excluding carboxylic acids is 1. The molecule has 0 aliphatic heterocycles. The summed E-state index contributed by atoms with van der Waals surface area (Å²) in [5, 5.41) is 0. The maximum atomic E-state index is 11.2. The van der Waals surface area contributed by atoms with E-state index in [1.807, 2.05) is 13.8 Å². The van der Waals surface area contributed by atoms with Crippen LogP contribution in [-0.4, -0.2) is 24.0 Å². The molecular weight excluding hydrogens is 260 g/mol. The van der Waals surface area contributed by atoms with Gasteiger partial charge in [0.1, 0.15) is 0 Å². The van der Waals surface area contributed by atoms with Crippen LogP contribution >= 0.6 is 0 Å². The standard InChI is InChI=1S/C13H18N4O3/c1-7(2)5-17(6-12(15)18)10-4-9-11(3-8(10)14)20-13(19)16-9/h3-4,7H,5-6,14H2,1-2H3,(H2,15,18)(H,16,19). The molecule has 0 bridgehead atoms. The van der Waals surface area contributed by atoms with Crippen LogP contribution in [0.4, 0.5) is 11.4 Å². The van der Waals surface area contributed by atoms with Crippen LogP contribution in [0, 0.1) is 5.92 Å². The van der Waals surface area contributed by atoms with E-state index in [1.54, 1.807) is 17.0 Å². The number of rotatable bonds is 5. The molecule has 20 heavy (non-hydrogen) atoms. The Labute approximate surface area is 115 Å². The number of fused-ring (bicyclic) bond motifs is 1. The normalized spacial score (nSPS) is 11.2. The third-order valence-electron chi connectivity index (χ3n) is 2.84. The topological polar surface area (TPSA) is 118 Å². The Morgan fingerprint density at radius 1 is 1.45 bits per heavy atom. The summed E-state index contributed by atoms with van der Waals surface area (Å²) in [5.41, 5.74) is 13.3. The van der Waals surface area contributed by atoms with E-state index in [1.165, 1.54) is 0 Å². The van der Waals surface area contributed by atoms with Crippen molar-refractivity contribution < 1.29 is 9.21 Å². The Morgan fingerprint density at radius 3 is 2.75 bits per heavy atom. The van der Waals surface area contributed by atoms with Crippen LogP contribution in [0.1, 0.15) is 13.8 Å². The Bertz CT molecular complexity index is 686. The van der Waals surface area contributed by atoms with Crippen molar-refractivity contribution in [3.05, 3.63) is 22.7 Å². The average molecular weight is 278 g/mol. The molecule has 0 aliphatic rings. The van der Waals surface area contributed by atoms with Gasteiger partial charge in [-0.1, -0.05) is 13.8 Å². The van der Waals surface area contributed by atoms with Gasteiger partial charge in [0.15, 0.2) is 5.58 Å². The SMILES string of the molecule is CC(C)CN(CC(N)=O)c1cc2[nH]c(=O)oc2cc1N. The predicted molar refractivity (Wildman–Crippen MR) is 77.5 cm³/mol. The van der Waals surface area contributed by atoms with Crippen molar-refractivity contribution in [1.29, 1.82) is 0 Å². The summed E-state index contributed by atoms with van der Waals surface area (Å²) in [4.78, 5) is 26.8. The summed E-state index contributed by atoms with van der Waals surface area (Å²) in [7, 11) is 0. The monoisotopic (exact) mass is 278 g/mol. The molecule has 5 N–H and O–H groups in total. The van der Waals surface area contributed by atoms with E-state index < -0.39 is 11.7 Å². The first kappa shape index (κ1) is 14.0. The number of aromatic amines is 1. The number of aromatic nitrogens is 1. The number of carbonyl (C=O) groups is 1. The second-order valence-corrected chi connectivity index (χ2v) is 5.16. The Balaban J connectivity index is 2.47. The number of amides is 1. The first-order valence-corrected chi connectivity index (χ1v) is 6.32. The maximum absolute atomic E-state index is 11.2. The molecular formula is C13H18N4O3. The molecule has 0 spiro atoms. The van der Waals surface area contributed by atoms with Gasteiger partial charge in [-0.15, -0.1) is 0 Å². The first-order chi connectivity index (χ1) is 9.36. The Morgan fingerprint density at radius 2 is 2.15 bits per heavy atom. The third kappa shape index (κ3) is 2.93. The lowest BCUT2D eigenvalue weighted by atomic mass is 10.1. The number of nitrogen functional groups attached to an aromatic ring is 1. The van der Waals surface area contributed by atoms with Crippen LogP contribution in [-0.2, 0) is 4.79 Å². The zero-order chi connectivity index (χ0) is 14.9. The fourth-order valence-electron chi connectivity index (χ4n) is 2.15. The fourth-order valence-corrected chi connectivity index (χ4v) is 2.15. The van der Waals surface area contributed by atoms with Crippen LogP contribution in [0.3, 0.4) is 0 Å². The first-order valence-electron chi connectivity index (χ1n) is 6.32. The highest BCUT2D eigenvalue weighted by molar-refractivity contribution is 5.88. The fraction of sp³-hybridized carbons (Fsp3) is 0.385. The van der Waals surface area contributed by atoms with Crippen molar-refractivity contribution in [2.24, 2.45) is 11.7 Å². The van der Waals surface area contributed by atoms with Gasteiger partial charge in [-0.2, -0.15) is 0 Å². The van der Waals surface area contributed by atoms with E-state index in [4.69, 9.17) is 15.9 Å². The van der Waals surface area contributed by atoms with Crippen LogP contribution < -0.4 is 22.1 Å². The van der Waals surface area contributed by atoms with E-state index in [0.717, 1.165) is 0 Å². The van der Waals surface area contributed by atoms with E-state index in [0.29, 0.717) is 34.9 Å². The van der Waals surface area contributed by atoms with Crippen LogP contribution in [0.25, 0.3) is 11.1 Å². The van der Waals surface area contributed by atoms with Gasteiger partial charge < -0.3 is 20.8 Å². The van der Waals surface area contributed by atoms with Gasteiger partial charge >= 0.3 is 5.76 Å². The van der Waals surface area contributed by atoms with E-state index in [9.17, 15) is 9.59 Å². The van der Waals surface area contributed by atoms with Crippen molar-refractivity contribution in [1.82, 2.24) is 4.98 Å². The molecule has 0 atom stereocenters. The number of nitrogens with one attached hydrogen (secondary N) is 1. The number of primary amides is 1. The van der Waals surface area contributed by atoms with Crippen LogP contribution in [0.2, 0.25) is 0 Å². The van der Waals surface area contributed by atoms with Crippen molar-refractivity contribution in [2.45, 2.75) is 13.8 Å². The van der Waals surface area contributed by atoms with Crippen molar-refractivity contribution >= 4 is 28.4 Å². The Hall–Kier alpha value is -2.44. The molecule has 1 aromatic carbocycles. The molecule has 1 aromatic heterocycles. The molecule has 0 fully saturated rings. The molecule has 0 saturated carbocycles. The van der Waals surface area contributed by atoms with Crippen molar-refractivity contribution in [3.63, 3.8) is 0 Å². The molecule has 2 rings (SSSR count). The summed E-state index contributed by atoms with van der Waals surface area (Å²) >= 11 is 0. The molecule has 0 saturated heterocycles. The molecule has 0 unspecified atom stereocenters. The third-order valence-corrected chi connectivity index (χ3v) is 2.84. The van der Waals surface area contributed by atoms with Crippen LogP contribution in [0.15, 0.2) is 21.3 Å². The van der Waals surface area contributed by atoms with Crippen molar-refractivity contribution in [2.75, 3.05) is 23.7 Å². The summed E-state index contributed by atoms with van der Waals surface area (Å²) in [6.07, 6.45) is 0. The number of H-pyrrole nitrogens is 1. The van der Waals surface area contributed by atoms with E-state index in [-0.39, 0.29) is 6.54 Å². The largest absolute Gasteiger partial charge is 0.417 e. The molecule has 0 aliphatic carbocycles. The van der Waals surface area contributed by atoms with Gasteiger partial charge in [0.2, 0.25) is 5.91 Å². The number of oxazole rings is 1. The lowest BCUT2D eigenvalue weighted by Gasteiger charge is -2.26. The minimum atomic E-state index is -0.540. The predicted octanol–water partition coefficient (Wildman–Crippen LogP) is 0.651. The minimum Gasteiger partial charge on any atom is -0.408 e. The smallest absolute Gasteiger partial charge is 0.408 e. The van der Waals surface area contributed by atoms with Gasteiger partial charge in [0, 0.05) is 12.6 Å². The summed E-state index contributed by atoms with van der Waals surface area (Å²) in [5.74, 6) is -0.652. The summed E-state index contributed by atoms with van der Waals surface area (Å²) in [6.45, 7) is 4.75. The van der Waals surface area contributed by atoms with Gasteiger partial charge in [-0.05, 0) is 12.0 Å². The molecule has 2 aromatic rings. The highest BCUT2D eigenvalue weighted by Crippen LogP contribution is 2.28. The minimum absolute atomic E-state index is 0.0654. The second-order valence-electron chi connectivity index (χ2n) is 5.16. The van der Waals surface area contributed by atoms with Gasteiger partial charge in [0.05, 0.1) is 23.4 Å². The lowest BCUT2D eigenvalue weighted by Crippen LogP contribution is -2.36. The molecule has 1 amide bonds. The number of benzene rings is 1. The second kappa shape index (κ2) is 5.28. The maximum Gasteiger partial charge on any atom is 0.417 e. The number of nitrogens with zero attached hydrogens (tertiary/aromatic N) is 1. The molecule has 0 radical (unpaired) electrons. The van der Waals surface area contributed by atoms with E-state index in [2.05, 4.69) is 4.98 Å². The quantitative estimate of drug-likeness (QED) is 0.694. The molecule has 7 heteroatoms. The molecule has 108 valence electrons. The Kier molecular flexibility index (Phi) is 3.69. The number of anilines is 2. The van der Waals surface area contributed by atoms with Gasteiger partial charge in [-0.3, -0.25) is 9.78 Å². The van der Waals surface area contributed by atoms with Crippen LogP contribution in [0.5, 0.6) is 0 Å².